The van der Waals surface area contributed by atoms with Gasteiger partial charge in [-0.2, -0.15) is 0 Å². The minimum absolute atomic E-state index is 0.732. The van der Waals surface area contributed by atoms with Crippen molar-refractivity contribution in [2.45, 2.75) is 32.6 Å². The molecular formula is C9H18O2Si. The molecule has 0 saturated carbocycles. The molecule has 0 saturated heterocycles. The van der Waals surface area contributed by atoms with E-state index in [0.717, 1.165) is 6.04 Å². The Morgan fingerprint density at radius 1 is 1.58 bits per heavy atom. The second-order valence-electron chi connectivity index (χ2n) is 4.66. The van der Waals surface area contributed by atoms with Gasteiger partial charge < -0.3 is 5.11 Å². The Morgan fingerprint density at radius 2 is 2.00 bits per heavy atom. The molecule has 3 heteroatoms. The summed E-state index contributed by atoms with van der Waals surface area (Å²) >= 11 is 0. The van der Waals surface area contributed by atoms with Gasteiger partial charge in [0.1, 0.15) is 0 Å². The highest BCUT2D eigenvalue weighted by molar-refractivity contribution is 6.76. The van der Waals surface area contributed by atoms with Crippen LogP contribution in [-0.2, 0) is 4.79 Å². The van der Waals surface area contributed by atoms with Crippen molar-refractivity contribution < 1.29 is 9.90 Å². The van der Waals surface area contributed by atoms with Gasteiger partial charge in [0, 0.05) is 8.07 Å². The number of aliphatic carboxylic acids is 1. The highest BCUT2D eigenvalue weighted by Crippen LogP contribution is 2.30. The van der Waals surface area contributed by atoms with Gasteiger partial charge in [-0.05, 0) is 13.0 Å². The summed E-state index contributed by atoms with van der Waals surface area (Å²) in [7, 11) is -1.33. The molecule has 0 fully saturated rings. The van der Waals surface area contributed by atoms with Crippen LogP contribution in [0.15, 0.2) is 12.7 Å². The van der Waals surface area contributed by atoms with Gasteiger partial charge in [-0.3, -0.25) is 4.79 Å². The third-order valence-corrected chi connectivity index (χ3v) is 3.63. The third kappa shape index (κ3) is 3.22. The Hall–Kier alpha value is -0.573. The fourth-order valence-electron chi connectivity index (χ4n) is 1.34. The normalized spacial score (nSPS) is 16.7. The van der Waals surface area contributed by atoms with Crippen molar-refractivity contribution in [2.75, 3.05) is 0 Å². The SMILES string of the molecule is C=CC(C)(C[Si](C)(C)C)C(=O)O. The number of rotatable bonds is 4. The average molecular weight is 186 g/mol. The molecule has 70 valence electrons. The highest BCUT2D eigenvalue weighted by Gasteiger charge is 2.34. The van der Waals surface area contributed by atoms with Crippen LogP contribution in [0, 0.1) is 5.41 Å². The molecule has 0 aromatic heterocycles. The van der Waals surface area contributed by atoms with E-state index in [1.54, 1.807) is 13.0 Å². The summed E-state index contributed by atoms with van der Waals surface area (Å²) < 4.78 is 0. The number of hydrogen-bond acceptors (Lipinski definition) is 1. The lowest BCUT2D eigenvalue weighted by atomic mass is 9.94. The maximum absolute atomic E-state index is 10.9. The van der Waals surface area contributed by atoms with E-state index in [1.807, 2.05) is 0 Å². The molecule has 12 heavy (non-hydrogen) atoms. The third-order valence-electron chi connectivity index (χ3n) is 1.84. The molecular weight excluding hydrogens is 168 g/mol. The van der Waals surface area contributed by atoms with Crippen LogP contribution in [0.5, 0.6) is 0 Å². The fourth-order valence-corrected chi connectivity index (χ4v) is 3.84. The molecule has 1 unspecified atom stereocenters. The molecule has 0 aliphatic rings. The minimum Gasteiger partial charge on any atom is -0.481 e. The van der Waals surface area contributed by atoms with Crippen LogP contribution in [0.1, 0.15) is 6.92 Å². The lowest BCUT2D eigenvalue weighted by Gasteiger charge is -2.27. The number of carbonyl (C=O) groups is 1. The lowest BCUT2D eigenvalue weighted by Crippen LogP contribution is -2.34. The predicted octanol–water partition coefficient (Wildman–Crippen LogP) is 2.60. The Kier molecular flexibility index (Phi) is 3.27. The molecule has 2 nitrogen and oxygen atoms in total. The van der Waals surface area contributed by atoms with Crippen LogP contribution in [0.2, 0.25) is 25.7 Å². The van der Waals surface area contributed by atoms with Crippen LogP contribution < -0.4 is 0 Å². The summed E-state index contributed by atoms with van der Waals surface area (Å²) in [5, 5.41) is 8.95. The minimum atomic E-state index is -1.33. The van der Waals surface area contributed by atoms with Crippen LogP contribution in [0.3, 0.4) is 0 Å². The predicted molar refractivity (Wildman–Crippen MR) is 54.1 cm³/mol. The zero-order valence-corrected chi connectivity index (χ0v) is 9.35. The van der Waals surface area contributed by atoms with Gasteiger partial charge in [0.2, 0.25) is 0 Å². The summed E-state index contributed by atoms with van der Waals surface area (Å²) in [6.45, 7) is 11.8. The lowest BCUT2D eigenvalue weighted by molar-refractivity contribution is -0.144. The number of hydrogen-bond donors (Lipinski definition) is 1. The van der Waals surface area contributed by atoms with Gasteiger partial charge in [-0.15, -0.1) is 6.58 Å². The standard InChI is InChI=1S/C9H18O2Si/c1-6-9(2,8(10)11)7-12(3,4)5/h6H,1,7H2,2-5H3,(H,10,11). The Labute approximate surface area is 75.3 Å². The summed E-state index contributed by atoms with van der Waals surface area (Å²) in [4.78, 5) is 10.9. The van der Waals surface area contributed by atoms with Gasteiger partial charge in [-0.25, -0.2) is 0 Å². The van der Waals surface area contributed by atoms with Crippen LogP contribution in [-0.4, -0.2) is 19.1 Å². The molecule has 1 atom stereocenters. The van der Waals surface area contributed by atoms with E-state index in [0.29, 0.717) is 0 Å². The van der Waals surface area contributed by atoms with Gasteiger partial charge >= 0.3 is 5.97 Å². The van der Waals surface area contributed by atoms with Crippen molar-refractivity contribution >= 4 is 14.0 Å². The van der Waals surface area contributed by atoms with Crippen LogP contribution >= 0.6 is 0 Å². The average Bonchev–Trinajstić information content (AvgIpc) is 1.83. The molecule has 0 aliphatic carbocycles. The van der Waals surface area contributed by atoms with Crippen molar-refractivity contribution in [1.29, 1.82) is 0 Å². The van der Waals surface area contributed by atoms with Crippen LogP contribution in [0.4, 0.5) is 0 Å². The molecule has 0 heterocycles. The Morgan fingerprint density at radius 3 is 2.08 bits per heavy atom. The maximum atomic E-state index is 10.9. The van der Waals surface area contributed by atoms with E-state index in [-0.39, 0.29) is 0 Å². The summed E-state index contributed by atoms with van der Waals surface area (Å²) in [6, 6.07) is 0.749. The summed E-state index contributed by atoms with van der Waals surface area (Å²) in [5.41, 5.74) is -0.732. The molecule has 0 aromatic rings. The monoisotopic (exact) mass is 186 g/mol. The molecule has 1 N–H and O–H groups in total. The van der Waals surface area contributed by atoms with E-state index in [2.05, 4.69) is 26.2 Å². The molecule has 0 aromatic carbocycles. The smallest absolute Gasteiger partial charge is 0.312 e. The first kappa shape index (κ1) is 11.4. The highest BCUT2D eigenvalue weighted by atomic mass is 28.3. The zero-order valence-electron chi connectivity index (χ0n) is 8.35. The zero-order chi connectivity index (χ0) is 9.99. The molecule has 0 spiro atoms. The quantitative estimate of drug-likeness (QED) is 0.541. The van der Waals surface area contributed by atoms with Gasteiger partial charge in [-0.1, -0.05) is 25.7 Å². The second kappa shape index (κ2) is 3.43. The second-order valence-corrected chi connectivity index (χ2v) is 10.1. The number of carboxylic acids is 1. The summed E-state index contributed by atoms with van der Waals surface area (Å²) in [5.74, 6) is -0.764. The van der Waals surface area contributed by atoms with Crippen molar-refractivity contribution in [1.82, 2.24) is 0 Å². The van der Waals surface area contributed by atoms with Gasteiger partial charge in [0.25, 0.3) is 0 Å². The van der Waals surface area contributed by atoms with Crippen LogP contribution in [0.25, 0.3) is 0 Å². The van der Waals surface area contributed by atoms with Gasteiger partial charge in [0.05, 0.1) is 5.41 Å². The Balaban J connectivity index is 4.57. The summed E-state index contributed by atoms with van der Waals surface area (Å²) in [6.07, 6.45) is 1.55. The van der Waals surface area contributed by atoms with Crippen molar-refractivity contribution in [3.05, 3.63) is 12.7 Å². The molecule has 0 aliphatic heterocycles. The van der Waals surface area contributed by atoms with E-state index >= 15 is 0 Å². The molecule has 0 radical (unpaired) electrons. The largest absolute Gasteiger partial charge is 0.481 e. The number of carboxylic acid groups (broad SMARTS) is 1. The van der Waals surface area contributed by atoms with Gasteiger partial charge in [0.15, 0.2) is 0 Å². The first-order valence-corrected chi connectivity index (χ1v) is 7.79. The molecule has 0 rings (SSSR count). The van der Waals surface area contributed by atoms with E-state index in [9.17, 15) is 4.79 Å². The van der Waals surface area contributed by atoms with E-state index < -0.39 is 19.5 Å². The first-order chi connectivity index (χ1) is 5.21. The van der Waals surface area contributed by atoms with Crippen molar-refractivity contribution in [3.63, 3.8) is 0 Å². The van der Waals surface area contributed by atoms with E-state index in [4.69, 9.17) is 5.11 Å². The molecule has 0 bridgehead atoms. The topological polar surface area (TPSA) is 37.3 Å². The first-order valence-electron chi connectivity index (χ1n) is 4.08. The van der Waals surface area contributed by atoms with Crippen molar-refractivity contribution in [3.8, 4) is 0 Å². The van der Waals surface area contributed by atoms with Crippen molar-refractivity contribution in [2.24, 2.45) is 5.41 Å². The molecule has 0 amide bonds. The maximum Gasteiger partial charge on any atom is 0.312 e. The Bertz CT molecular complexity index is 193. The fraction of sp³-hybridized carbons (Fsp3) is 0.667. The van der Waals surface area contributed by atoms with E-state index in [1.165, 1.54) is 0 Å².